The maximum absolute atomic E-state index is 13.7. The smallest absolute Gasteiger partial charge is 0.228 e. The Balaban J connectivity index is 1.51. The molecule has 0 bridgehead atoms. The van der Waals surface area contributed by atoms with Gasteiger partial charge in [-0.05, 0) is 43.5 Å². The molecule has 2 heterocycles. The Morgan fingerprint density at radius 2 is 2.00 bits per heavy atom. The molecule has 0 saturated heterocycles. The zero-order valence-electron chi connectivity index (χ0n) is 13.7. The molecule has 0 radical (unpaired) electrons. The minimum Gasteiger partial charge on any atom is -0.321 e. The summed E-state index contributed by atoms with van der Waals surface area (Å²) in [5, 5.41) is 3.28. The molecule has 1 aliphatic rings. The number of carbonyl (C=O) groups excluding carboxylic acids is 1. The highest BCUT2D eigenvalue weighted by Gasteiger charge is 2.28. The van der Waals surface area contributed by atoms with Crippen molar-refractivity contribution in [2.75, 3.05) is 5.32 Å². The minimum atomic E-state index is -0.772. The number of nitrogens with one attached hydrogen (secondary N) is 1. The number of fused-ring (bicyclic) bond motifs is 1. The molecule has 2 aromatic heterocycles. The number of benzene rings is 1. The lowest BCUT2D eigenvalue weighted by Crippen LogP contribution is -2.28. The number of amides is 1. The highest BCUT2D eigenvalue weighted by atomic mass is 32.1. The summed E-state index contributed by atoms with van der Waals surface area (Å²) in [5.41, 5.74) is 1.56. The summed E-state index contributed by atoms with van der Waals surface area (Å²) >= 11 is 1.54. The highest BCUT2D eigenvalue weighted by molar-refractivity contribution is 7.15. The van der Waals surface area contributed by atoms with Crippen molar-refractivity contribution < 1.29 is 13.6 Å². The van der Waals surface area contributed by atoms with Crippen LogP contribution in [-0.2, 0) is 17.6 Å². The van der Waals surface area contributed by atoms with E-state index in [1.54, 1.807) is 23.7 Å². The molecule has 3 aromatic rings. The van der Waals surface area contributed by atoms with E-state index in [0.717, 1.165) is 33.3 Å². The fraction of sp³-hybridized carbons (Fsp3) is 0.211. The van der Waals surface area contributed by atoms with Crippen LogP contribution in [-0.4, -0.2) is 15.9 Å². The van der Waals surface area contributed by atoms with Gasteiger partial charge in [-0.3, -0.25) is 9.78 Å². The van der Waals surface area contributed by atoms with Crippen molar-refractivity contribution in [3.8, 4) is 10.6 Å². The van der Waals surface area contributed by atoms with E-state index in [1.165, 1.54) is 6.07 Å². The molecule has 0 aliphatic heterocycles. The van der Waals surface area contributed by atoms with E-state index in [4.69, 9.17) is 0 Å². The second kappa shape index (κ2) is 6.92. The van der Waals surface area contributed by atoms with Crippen LogP contribution in [0.5, 0.6) is 0 Å². The van der Waals surface area contributed by atoms with Crippen molar-refractivity contribution in [2.24, 2.45) is 5.92 Å². The van der Waals surface area contributed by atoms with Crippen molar-refractivity contribution in [3.05, 3.63) is 64.9 Å². The number of aryl methyl sites for hydroxylation is 1. The molecule has 1 aliphatic carbocycles. The fourth-order valence-electron chi connectivity index (χ4n) is 3.05. The molecule has 26 heavy (non-hydrogen) atoms. The molecular formula is C19H15F2N3OS. The highest BCUT2D eigenvalue weighted by Crippen LogP contribution is 2.35. The quantitative estimate of drug-likeness (QED) is 0.750. The van der Waals surface area contributed by atoms with Crippen LogP contribution in [0.3, 0.4) is 0 Å². The van der Waals surface area contributed by atoms with Crippen molar-refractivity contribution in [1.82, 2.24) is 9.97 Å². The van der Waals surface area contributed by atoms with Gasteiger partial charge in [-0.15, -0.1) is 11.3 Å². The number of hydrogen-bond donors (Lipinski definition) is 1. The molecule has 1 aromatic carbocycles. The monoisotopic (exact) mass is 371 g/mol. The number of aromatic nitrogens is 2. The van der Waals surface area contributed by atoms with E-state index >= 15 is 0 Å². The summed E-state index contributed by atoms with van der Waals surface area (Å²) in [6, 6.07) is 7.32. The zero-order chi connectivity index (χ0) is 18.1. The maximum atomic E-state index is 13.7. The first-order valence-corrected chi connectivity index (χ1v) is 9.07. The SMILES string of the molecule is O=C(Nc1c(F)cccc1F)C1CCc2nc(-c3cccnc3)sc2C1. The summed E-state index contributed by atoms with van der Waals surface area (Å²) < 4.78 is 27.5. The van der Waals surface area contributed by atoms with Gasteiger partial charge in [0.1, 0.15) is 22.3 Å². The Labute approximate surface area is 152 Å². The van der Waals surface area contributed by atoms with Crippen LogP contribution in [0.25, 0.3) is 10.6 Å². The fourth-order valence-corrected chi connectivity index (χ4v) is 4.23. The molecule has 1 N–H and O–H groups in total. The van der Waals surface area contributed by atoms with Gasteiger partial charge < -0.3 is 5.32 Å². The van der Waals surface area contributed by atoms with Crippen LogP contribution in [0, 0.1) is 17.6 Å². The lowest BCUT2D eigenvalue weighted by atomic mass is 9.90. The van der Waals surface area contributed by atoms with Crippen LogP contribution in [0.15, 0.2) is 42.7 Å². The van der Waals surface area contributed by atoms with Gasteiger partial charge in [0.2, 0.25) is 5.91 Å². The van der Waals surface area contributed by atoms with Gasteiger partial charge >= 0.3 is 0 Å². The lowest BCUT2D eigenvalue weighted by molar-refractivity contribution is -0.120. The number of nitrogens with zero attached hydrogens (tertiary/aromatic N) is 2. The molecule has 0 saturated carbocycles. The number of pyridine rings is 1. The predicted molar refractivity (Wildman–Crippen MR) is 95.8 cm³/mol. The van der Waals surface area contributed by atoms with Gasteiger partial charge in [0.15, 0.2) is 0 Å². The standard InChI is InChI=1S/C19H15F2N3OS/c20-13-4-1-5-14(21)17(13)24-18(25)11-6-7-15-16(9-11)26-19(23-15)12-3-2-8-22-10-12/h1-5,8,10-11H,6-7,9H2,(H,24,25). The summed E-state index contributed by atoms with van der Waals surface area (Å²) in [4.78, 5) is 22.3. The Hall–Kier alpha value is -2.67. The third kappa shape index (κ3) is 3.22. The molecule has 0 spiro atoms. The first kappa shape index (κ1) is 16.8. The molecule has 0 fully saturated rings. The molecular weight excluding hydrogens is 356 g/mol. The van der Waals surface area contributed by atoms with E-state index < -0.39 is 11.6 Å². The first-order chi connectivity index (χ1) is 12.6. The molecule has 4 nitrogen and oxygen atoms in total. The summed E-state index contributed by atoms with van der Waals surface area (Å²) in [7, 11) is 0. The Morgan fingerprint density at radius 3 is 2.73 bits per heavy atom. The van der Waals surface area contributed by atoms with E-state index in [1.807, 2.05) is 12.1 Å². The van der Waals surface area contributed by atoms with Gasteiger partial charge in [0.25, 0.3) is 0 Å². The van der Waals surface area contributed by atoms with Crippen LogP contribution in [0.1, 0.15) is 17.0 Å². The second-order valence-electron chi connectivity index (χ2n) is 6.16. The van der Waals surface area contributed by atoms with E-state index in [-0.39, 0.29) is 17.5 Å². The summed E-state index contributed by atoms with van der Waals surface area (Å²) in [6.45, 7) is 0. The third-order valence-electron chi connectivity index (χ3n) is 4.43. The number of para-hydroxylation sites is 1. The third-order valence-corrected chi connectivity index (χ3v) is 5.60. The normalized spacial score (nSPS) is 16.2. The van der Waals surface area contributed by atoms with Crippen LogP contribution in [0.2, 0.25) is 0 Å². The Morgan fingerprint density at radius 1 is 1.19 bits per heavy atom. The molecule has 1 atom stereocenters. The number of thiazole rings is 1. The number of rotatable bonds is 3. The van der Waals surface area contributed by atoms with Crippen LogP contribution < -0.4 is 5.32 Å². The number of hydrogen-bond acceptors (Lipinski definition) is 4. The largest absolute Gasteiger partial charge is 0.321 e. The van der Waals surface area contributed by atoms with Gasteiger partial charge in [-0.1, -0.05) is 6.07 Å². The second-order valence-corrected chi connectivity index (χ2v) is 7.24. The summed E-state index contributed by atoms with van der Waals surface area (Å²) in [5.74, 6) is -2.24. The van der Waals surface area contributed by atoms with Crippen molar-refractivity contribution in [2.45, 2.75) is 19.3 Å². The van der Waals surface area contributed by atoms with Gasteiger partial charge in [-0.25, -0.2) is 13.8 Å². The lowest BCUT2D eigenvalue weighted by Gasteiger charge is -2.20. The van der Waals surface area contributed by atoms with Crippen molar-refractivity contribution in [3.63, 3.8) is 0 Å². The Bertz CT molecular complexity index is 938. The molecule has 7 heteroatoms. The van der Waals surface area contributed by atoms with Crippen molar-refractivity contribution in [1.29, 1.82) is 0 Å². The van der Waals surface area contributed by atoms with Crippen LogP contribution >= 0.6 is 11.3 Å². The average molecular weight is 371 g/mol. The number of halogens is 2. The van der Waals surface area contributed by atoms with E-state index in [2.05, 4.69) is 15.3 Å². The van der Waals surface area contributed by atoms with Gasteiger partial charge in [-0.2, -0.15) is 0 Å². The van der Waals surface area contributed by atoms with E-state index in [0.29, 0.717) is 19.3 Å². The molecule has 1 unspecified atom stereocenters. The molecule has 132 valence electrons. The van der Waals surface area contributed by atoms with Gasteiger partial charge in [0.05, 0.1) is 5.69 Å². The molecule has 1 amide bonds. The average Bonchev–Trinajstić information content (AvgIpc) is 3.09. The minimum absolute atomic E-state index is 0.330. The summed E-state index contributed by atoms with van der Waals surface area (Å²) in [6.07, 6.45) is 5.26. The first-order valence-electron chi connectivity index (χ1n) is 8.25. The van der Waals surface area contributed by atoms with E-state index in [9.17, 15) is 13.6 Å². The zero-order valence-corrected chi connectivity index (χ0v) is 14.5. The van der Waals surface area contributed by atoms with Crippen molar-refractivity contribution >= 4 is 22.9 Å². The number of carbonyl (C=O) groups is 1. The topological polar surface area (TPSA) is 54.9 Å². The maximum Gasteiger partial charge on any atom is 0.228 e. The predicted octanol–water partition coefficient (Wildman–Crippen LogP) is 4.23. The molecule has 4 rings (SSSR count). The Kier molecular flexibility index (Phi) is 4.46. The number of anilines is 1. The van der Waals surface area contributed by atoms with Crippen LogP contribution in [0.4, 0.5) is 14.5 Å². The van der Waals surface area contributed by atoms with Gasteiger partial charge in [0, 0.05) is 28.8 Å².